The number of amides is 3. The Labute approximate surface area is 184 Å². The minimum absolute atomic E-state index is 0.0781. The molecule has 1 atom stereocenters. The fraction of sp³-hybridized carbons (Fsp3) is 0.400. The van der Waals surface area contributed by atoms with Gasteiger partial charge in [-0.05, 0) is 57.1 Å². The zero-order valence-electron chi connectivity index (χ0n) is 18.8. The molecule has 31 heavy (non-hydrogen) atoms. The molecule has 0 bridgehead atoms. The van der Waals surface area contributed by atoms with Gasteiger partial charge in [-0.2, -0.15) is 0 Å². The van der Waals surface area contributed by atoms with Gasteiger partial charge >= 0.3 is 0 Å². The summed E-state index contributed by atoms with van der Waals surface area (Å²) >= 11 is 0. The summed E-state index contributed by atoms with van der Waals surface area (Å²) < 4.78 is 0. The van der Waals surface area contributed by atoms with E-state index in [9.17, 15) is 14.4 Å². The highest BCUT2D eigenvalue weighted by molar-refractivity contribution is 6.21. The summed E-state index contributed by atoms with van der Waals surface area (Å²) in [5, 5.41) is 2.99. The number of fused-ring (bicyclic) bond motifs is 1. The van der Waals surface area contributed by atoms with Gasteiger partial charge in [-0.3, -0.25) is 19.3 Å². The fourth-order valence-electron chi connectivity index (χ4n) is 3.88. The van der Waals surface area contributed by atoms with Crippen molar-refractivity contribution in [2.45, 2.75) is 39.2 Å². The predicted octanol–water partition coefficient (Wildman–Crippen LogP) is 3.35. The molecule has 0 saturated carbocycles. The molecule has 2 aromatic rings. The smallest absolute Gasteiger partial charge is 0.261 e. The van der Waals surface area contributed by atoms with Crippen LogP contribution in [0.4, 0.5) is 0 Å². The highest BCUT2D eigenvalue weighted by Crippen LogP contribution is 2.24. The summed E-state index contributed by atoms with van der Waals surface area (Å²) in [6.07, 6.45) is 1.70. The van der Waals surface area contributed by atoms with Gasteiger partial charge in [-0.1, -0.05) is 42.8 Å². The summed E-state index contributed by atoms with van der Waals surface area (Å²) in [4.78, 5) is 40.7. The molecule has 6 heteroatoms. The van der Waals surface area contributed by atoms with E-state index in [0.717, 1.165) is 17.5 Å². The summed E-state index contributed by atoms with van der Waals surface area (Å²) in [5.41, 5.74) is 4.29. The molecule has 6 nitrogen and oxygen atoms in total. The number of benzene rings is 2. The van der Waals surface area contributed by atoms with Gasteiger partial charge in [0.1, 0.15) is 0 Å². The number of carbonyl (C=O) groups is 3. The number of carbonyl (C=O) groups excluding carboxylic acids is 3. The third-order valence-corrected chi connectivity index (χ3v) is 5.80. The Morgan fingerprint density at radius 1 is 1.03 bits per heavy atom. The van der Waals surface area contributed by atoms with Crippen LogP contribution >= 0.6 is 0 Å². The number of likely N-dealkylation sites (N-methyl/N-ethyl adjacent to an activating group) is 1. The Morgan fingerprint density at radius 3 is 2.35 bits per heavy atom. The van der Waals surface area contributed by atoms with Crippen LogP contribution < -0.4 is 5.32 Å². The third-order valence-electron chi connectivity index (χ3n) is 5.80. The van der Waals surface area contributed by atoms with Crippen LogP contribution in [0.2, 0.25) is 0 Å². The molecule has 1 N–H and O–H groups in total. The van der Waals surface area contributed by atoms with Crippen molar-refractivity contribution in [3.8, 4) is 0 Å². The molecule has 0 fully saturated rings. The lowest BCUT2D eigenvalue weighted by Gasteiger charge is -2.25. The Morgan fingerprint density at radius 2 is 1.71 bits per heavy atom. The molecule has 0 aromatic heterocycles. The predicted molar refractivity (Wildman–Crippen MR) is 121 cm³/mol. The first kappa shape index (κ1) is 22.7. The summed E-state index contributed by atoms with van der Waals surface area (Å²) in [5.74, 6) is -0.625. The SMILES string of the molecule is CCc1ccc(C(CNC(=O)CCCN2C(=O)c3ccc(C)cc3C2=O)N(C)C)cc1. The van der Waals surface area contributed by atoms with E-state index < -0.39 is 0 Å². The summed E-state index contributed by atoms with van der Waals surface area (Å²) in [6.45, 7) is 4.77. The summed E-state index contributed by atoms with van der Waals surface area (Å²) in [6, 6.07) is 13.8. The average Bonchev–Trinajstić information content (AvgIpc) is 2.98. The molecule has 164 valence electrons. The van der Waals surface area contributed by atoms with Gasteiger partial charge in [0.2, 0.25) is 5.91 Å². The molecule has 0 radical (unpaired) electrons. The molecule has 1 aliphatic heterocycles. The molecule has 2 aromatic carbocycles. The maximum absolute atomic E-state index is 12.5. The van der Waals surface area contributed by atoms with E-state index in [0.29, 0.717) is 24.1 Å². The molecule has 0 aliphatic carbocycles. The molecular weight excluding hydrogens is 390 g/mol. The standard InChI is InChI=1S/C25H31N3O3/c1-5-18-9-11-19(12-10-18)22(27(3)4)16-26-23(29)7-6-14-28-24(30)20-13-8-17(2)15-21(20)25(28)31/h8-13,15,22H,5-7,14,16H2,1-4H3,(H,26,29). The average molecular weight is 422 g/mol. The molecule has 1 unspecified atom stereocenters. The zero-order valence-corrected chi connectivity index (χ0v) is 18.8. The molecule has 3 rings (SSSR count). The normalized spacial score (nSPS) is 14.2. The number of hydrogen-bond donors (Lipinski definition) is 1. The van der Waals surface area contributed by atoms with E-state index >= 15 is 0 Å². The molecule has 0 saturated heterocycles. The van der Waals surface area contributed by atoms with Crippen molar-refractivity contribution in [2.75, 3.05) is 27.2 Å². The minimum atomic E-state index is -0.274. The van der Waals surface area contributed by atoms with Gasteiger partial charge in [0.05, 0.1) is 17.2 Å². The second kappa shape index (κ2) is 9.88. The van der Waals surface area contributed by atoms with Gasteiger partial charge < -0.3 is 10.2 Å². The number of aryl methyl sites for hydroxylation is 2. The van der Waals surface area contributed by atoms with Crippen LogP contribution in [0.1, 0.15) is 63.2 Å². The number of nitrogens with zero attached hydrogens (tertiary/aromatic N) is 2. The van der Waals surface area contributed by atoms with E-state index in [1.165, 1.54) is 10.5 Å². The Bertz CT molecular complexity index is 966. The lowest BCUT2D eigenvalue weighted by Crippen LogP contribution is -2.35. The van der Waals surface area contributed by atoms with Crippen molar-refractivity contribution >= 4 is 17.7 Å². The lowest BCUT2D eigenvalue weighted by atomic mass is 10.0. The van der Waals surface area contributed by atoms with Crippen LogP contribution in [-0.2, 0) is 11.2 Å². The molecule has 3 amide bonds. The first-order valence-corrected chi connectivity index (χ1v) is 10.8. The summed E-state index contributed by atoms with van der Waals surface area (Å²) in [7, 11) is 3.99. The van der Waals surface area contributed by atoms with Gasteiger partial charge in [0, 0.05) is 19.5 Å². The Balaban J connectivity index is 1.49. The van der Waals surface area contributed by atoms with Crippen LogP contribution in [0, 0.1) is 6.92 Å². The van der Waals surface area contributed by atoms with Crippen LogP contribution in [0.5, 0.6) is 0 Å². The van der Waals surface area contributed by atoms with E-state index in [1.54, 1.807) is 12.1 Å². The van der Waals surface area contributed by atoms with Gasteiger partial charge in [0.15, 0.2) is 0 Å². The number of nitrogens with one attached hydrogen (secondary N) is 1. The van der Waals surface area contributed by atoms with Crippen LogP contribution in [0.15, 0.2) is 42.5 Å². The van der Waals surface area contributed by atoms with E-state index in [-0.39, 0.29) is 36.7 Å². The minimum Gasteiger partial charge on any atom is -0.354 e. The van der Waals surface area contributed by atoms with Crippen molar-refractivity contribution in [1.29, 1.82) is 0 Å². The van der Waals surface area contributed by atoms with Crippen LogP contribution in [0.3, 0.4) is 0 Å². The highest BCUT2D eigenvalue weighted by Gasteiger charge is 2.34. The van der Waals surface area contributed by atoms with Gasteiger partial charge in [-0.25, -0.2) is 0 Å². The quantitative estimate of drug-likeness (QED) is 0.631. The fourth-order valence-corrected chi connectivity index (χ4v) is 3.88. The molecular formula is C25H31N3O3. The maximum atomic E-state index is 12.5. The monoisotopic (exact) mass is 421 g/mol. The topological polar surface area (TPSA) is 69.7 Å². The van der Waals surface area contributed by atoms with Crippen molar-refractivity contribution in [3.05, 3.63) is 70.3 Å². The second-order valence-corrected chi connectivity index (χ2v) is 8.29. The number of rotatable bonds is 9. The second-order valence-electron chi connectivity index (χ2n) is 8.29. The maximum Gasteiger partial charge on any atom is 0.261 e. The van der Waals surface area contributed by atoms with E-state index in [4.69, 9.17) is 0 Å². The van der Waals surface area contributed by atoms with Gasteiger partial charge in [0.25, 0.3) is 11.8 Å². The first-order chi connectivity index (χ1) is 14.8. The third kappa shape index (κ3) is 5.20. The molecule has 1 heterocycles. The van der Waals surface area contributed by atoms with Crippen LogP contribution in [0.25, 0.3) is 0 Å². The van der Waals surface area contributed by atoms with Crippen LogP contribution in [-0.4, -0.2) is 54.7 Å². The molecule has 0 spiro atoms. The van der Waals surface area contributed by atoms with Crippen molar-refractivity contribution in [1.82, 2.24) is 15.1 Å². The number of hydrogen-bond acceptors (Lipinski definition) is 4. The first-order valence-electron chi connectivity index (χ1n) is 10.8. The van der Waals surface area contributed by atoms with Gasteiger partial charge in [-0.15, -0.1) is 0 Å². The van der Waals surface area contributed by atoms with E-state index in [1.807, 2.05) is 27.1 Å². The Hall–Kier alpha value is -2.99. The van der Waals surface area contributed by atoms with Crippen molar-refractivity contribution in [3.63, 3.8) is 0 Å². The number of imide groups is 1. The highest BCUT2D eigenvalue weighted by atomic mass is 16.2. The molecule has 1 aliphatic rings. The van der Waals surface area contributed by atoms with Crippen molar-refractivity contribution in [2.24, 2.45) is 0 Å². The van der Waals surface area contributed by atoms with E-state index in [2.05, 4.69) is 41.4 Å². The Kier molecular flexibility index (Phi) is 7.23. The zero-order chi connectivity index (χ0) is 22.5. The van der Waals surface area contributed by atoms with Crippen molar-refractivity contribution < 1.29 is 14.4 Å². The largest absolute Gasteiger partial charge is 0.354 e. The lowest BCUT2D eigenvalue weighted by molar-refractivity contribution is -0.121.